The van der Waals surface area contributed by atoms with Crippen LogP contribution in [0, 0.1) is 5.92 Å². The second-order valence-corrected chi connectivity index (χ2v) is 7.99. The highest BCUT2D eigenvalue weighted by Gasteiger charge is 2.25. The normalized spacial score (nSPS) is 12.8. The van der Waals surface area contributed by atoms with E-state index in [0.29, 0.717) is 30.3 Å². The highest BCUT2D eigenvalue weighted by molar-refractivity contribution is 6.07. The zero-order chi connectivity index (χ0) is 21.1. The summed E-state index contributed by atoms with van der Waals surface area (Å²) in [6, 6.07) is 17.0. The first-order valence-corrected chi connectivity index (χ1v) is 10.2. The van der Waals surface area contributed by atoms with Crippen molar-refractivity contribution in [2.75, 3.05) is 11.4 Å². The number of rotatable bonds is 6. The number of carbonyl (C=O) groups is 2. The van der Waals surface area contributed by atoms with Gasteiger partial charge in [-0.25, -0.2) is 0 Å². The third kappa shape index (κ3) is 4.27. The van der Waals surface area contributed by atoms with E-state index in [4.69, 9.17) is 4.52 Å². The van der Waals surface area contributed by atoms with Crippen LogP contribution in [-0.4, -0.2) is 23.5 Å². The zero-order valence-electron chi connectivity index (χ0n) is 17.2. The first kappa shape index (κ1) is 19.9. The Morgan fingerprint density at radius 3 is 2.70 bits per heavy atom. The van der Waals surface area contributed by atoms with Gasteiger partial charge in [-0.2, -0.15) is 0 Å². The summed E-state index contributed by atoms with van der Waals surface area (Å²) in [5.41, 5.74) is 3.95. The minimum absolute atomic E-state index is 0.00388. The van der Waals surface area contributed by atoms with Crippen LogP contribution in [0.3, 0.4) is 0 Å². The molecule has 30 heavy (non-hydrogen) atoms. The molecule has 0 atom stereocenters. The summed E-state index contributed by atoms with van der Waals surface area (Å²) in [5.74, 6) is 0.867. The Labute approximate surface area is 175 Å². The molecule has 1 aliphatic rings. The van der Waals surface area contributed by atoms with Gasteiger partial charge in [0.05, 0.1) is 0 Å². The van der Waals surface area contributed by atoms with Gasteiger partial charge in [0.25, 0.3) is 11.8 Å². The molecule has 0 saturated carbocycles. The number of nitrogens with zero attached hydrogens (tertiary/aromatic N) is 2. The Hall–Kier alpha value is -3.41. The van der Waals surface area contributed by atoms with Crippen molar-refractivity contribution in [3.05, 3.63) is 82.7 Å². The molecule has 3 aromatic rings. The van der Waals surface area contributed by atoms with Crippen LogP contribution in [0.25, 0.3) is 0 Å². The second-order valence-electron chi connectivity index (χ2n) is 7.99. The highest BCUT2D eigenvalue weighted by atomic mass is 16.5. The van der Waals surface area contributed by atoms with Gasteiger partial charge in [-0.3, -0.25) is 9.59 Å². The fourth-order valence-corrected chi connectivity index (χ4v) is 3.67. The van der Waals surface area contributed by atoms with E-state index >= 15 is 0 Å². The largest absolute Gasteiger partial charge is 0.361 e. The lowest BCUT2D eigenvalue weighted by Crippen LogP contribution is -2.29. The Morgan fingerprint density at radius 1 is 1.13 bits per heavy atom. The SMILES string of the molecule is CC(C)Cc1cc(C(=O)NCc2ccc3c(c2)N(C(=O)c2ccccc2)CC3)no1. The van der Waals surface area contributed by atoms with Crippen molar-refractivity contribution < 1.29 is 14.1 Å². The number of hydrogen-bond donors (Lipinski definition) is 1. The van der Waals surface area contributed by atoms with Crippen LogP contribution in [-0.2, 0) is 19.4 Å². The highest BCUT2D eigenvalue weighted by Crippen LogP contribution is 2.30. The maximum atomic E-state index is 12.9. The Bertz CT molecular complexity index is 1060. The lowest BCUT2D eigenvalue weighted by molar-refractivity contribution is 0.0940. The van der Waals surface area contributed by atoms with E-state index in [-0.39, 0.29) is 17.5 Å². The van der Waals surface area contributed by atoms with Gasteiger partial charge < -0.3 is 14.7 Å². The summed E-state index contributed by atoms with van der Waals surface area (Å²) in [5, 5.41) is 6.75. The second kappa shape index (κ2) is 8.53. The van der Waals surface area contributed by atoms with Gasteiger partial charge in [0.2, 0.25) is 0 Å². The van der Waals surface area contributed by atoms with Gasteiger partial charge in [-0.1, -0.05) is 49.3 Å². The molecular weight excluding hydrogens is 378 g/mol. The number of carbonyl (C=O) groups excluding carboxylic acids is 2. The standard InChI is InChI=1S/C24H25N3O3/c1-16(2)12-20-14-21(26-30-20)23(28)25-15-17-8-9-18-10-11-27(22(18)13-17)24(29)19-6-4-3-5-7-19/h3-9,13-14,16H,10-12,15H2,1-2H3,(H,25,28). The van der Waals surface area contributed by atoms with Crippen LogP contribution in [0.4, 0.5) is 5.69 Å². The van der Waals surface area contributed by atoms with Gasteiger partial charge in [0, 0.05) is 36.8 Å². The van der Waals surface area contributed by atoms with Crippen molar-refractivity contribution >= 4 is 17.5 Å². The van der Waals surface area contributed by atoms with E-state index in [1.165, 1.54) is 0 Å². The molecule has 0 unspecified atom stereocenters. The molecule has 0 fully saturated rings. The monoisotopic (exact) mass is 403 g/mol. The molecule has 6 nitrogen and oxygen atoms in total. The van der Waals surface area contributed by atoms with Crippen molar-refractivity contribution in [3.8, 4) is 0 Å². The number of aromatic nitrogens is 1. The molecule has 2 amide bonds. The third-order valence-electron chi connectivity index (χ3n) is 5.17. The number of nitrogens with one attached hydrogen (secondary N) is 1. The third-order valence-corrected chi connectivity index (χ3v) is 5.17. The average Bonchev–Trinajstić information content (AvgIpc) is 3.38. The molecule has 2 heterocycles. The van der Waals surface area contributed by atoms with Crippen molar-refractivity contribution in [2.24, 2.45) is 5.92 Å². The van der Waals surface area contributed by atoms with Crippen molar-refractivity contribution in [1.82, 2.24) is 10.5 Å². The topological polar surface area (TPSA) is 75.4 Å². The first-order valence-electron chi connectivity index (χ1n) is 10.2. The number of hydrogen-bond acceptors (Lipinski definition) is 4. The van der Waals surface area contributed by atoms with Crippen LogP contribution >= 0.6 is 0 Å². The van der Waals surface area contributed by atoms with Gasteiger partial charge in [-0.15, -0.1) is 0 Å². The lowest BCUT2D eigenvalue weighted by atomic mass is 10.1. The molecule has 1 aromatic heterocycles. The zero-order valence-corrected chi connectivity index (χ0v) is 17.2. The summed E-state index contributed by atoms with van der Waals surface area (Å²) in [7, 11) is 0. The number of anilines is 1. The van der Waals surface area contributed by atoms with Crippen molar-refractivity contribution in [2.45, 2.75) is 33.2 Å². The smallest absolute Gasteiger partial charge is 0.273 e. The molecule has 0 radical (unpaired) electrons. The van der Waals surface area contributed by atoms with E-state index in [1.807, 2.05) is 53.4 Å². The average molecular weight is 403 g/mol. The molecule has 4 rings (SSSR count). The van der Waals surface area contributed by atoms with Crippen LogP contribution < -0.4 is 10.2 Å². The molecule has 0 aliphatic carbocycles. The predicted molar refractivity (Wildman–Crippen MR) is 114 cm³/mol. The molecule has 2 aromatic carbocycles. The Kier molecular flexibility index (Phi) is 5.65. The van der Waals surface area contributed by atoms with Crippen LogP contribution in [0.1, 0.15) is 51.6 Å². The molecule has 0 spiro atoms. The fourth-order valence-electron chi connectivity index (χ4n) is 3.67. The lowest BCUT2D eigenvalue weighted by Gasteiger charge is -2.18. The van der Waals surface area contributed by atoms with E-state index < -0.39 is 0 Å². The van der Waals surface area contributed by atoms with Gasteiger partial charge in [0.1, 0.15) is 5.76 Å². The summed E-state index contributed by atoms with van der Waals surface area (Å²) < 4.78 is 5.24. The number of benzene rings is 2. The predicted octanol–water partition coefficient (Wildman–Crippen LogP) is 4.01. The van der Waals surface area contributed by atoms with Crippen molar-refractivity contribution in [3.63, 3.8) is 0 Å². The maximum Gasteiger partial charge on any atom is 0.273 e. The van der Waals surface area contributed by atoms with Crippen LogP contribution in [0.5, 0.6) is 0 Å². The molecule has 1 aliphatic heterocycles. The molecular formula is C24H25N3O3. The Balaban J connectivity index is 1.43. The van der Waals surface area contributed by atoms with E-state index in [9.17, 15) is 9.59 Å². The van der Waals surface area contributed by atoms with E-state index in [0.717, 1.165) is 29.7 Å². The first-order chi connectivity index (χ1) is 14.5. The summed E-state index contributed by atoms with van der Waals surface area (Å²) in [6.07, 6.45) is 1.58. The maximum absolute atomic E-state index is 12.9. The van der Waals surface area contributed by atoms with Crippen LogP contribution in [0.15, 0.2) is 59.1 Å². The summed E-state index contributed by atoms with van der Waals surface area (Å²) in [6.45, 7) is 5.19. The van der Waals surface area contributed by atoms with E-state index in [1.54, 1.807) is 6.07 Å². The van der Waals surface area contributed by atoms with E-state index in [2.05, 4.69) is 24.3 Å². The van der Waals surface area contributed by atoms with Gasteiger partial charge in [0.15, 0.2) is 5.69 Å². The minimum Gasteiger partial charge on any atom is -0.361 e. The molecule has 6 heteroatoms. The summed E-state index contributed by atoms with van der Waals surface area (Å²) >= 11 is 0. The number of fused-ring (bicyclic) bond motifs is 1. The van der Waals surface area contributed by atoms with Gasteiger partial charge >= 0.3 is 0 Å². The molecule has 0 bridgehead atoms. The molecule has 0 saturated heterocycles. The number of amides is 2. The Morgan fingerprint density at radius 2 is 1.93 bits per heavy atom. The fraction of sp³-hybridized carbons (Fsp3) is 0.292. The van der Waals surface area contributed by atoms with Crippen molar-refractivity contribution in [1.29, 1.82) is 0 Å². The van der Waals surface area contributed by atoms with Crippen LogP contribution in [0.2, 0.25) is 0 Å². The quantitative estimate of drug-likeness (QED) is 0.675. The molecule has 1 N–H and O–H groups in total. The van der Waals surface area contributed by atoms with Gasteiger partial charge in [-0.05, 0) is 41.7 Å². The molecule has 154 valence electrons. The summed E-state index contributed by atoms with van der Waals surface area (Å²) in [4.78, 5) is 27.1. The minimum atomic E-state index is -0.272.